The van der Waals surface area contributed by atoms with Crippen LogP contribution in [0.5, 0.6) is 11.5 Å². The number of benzene rings is 2. The molecule has 0 radical (unpaired) electrons. The molecular weight excluding hydrogens is 236 g/mol. The minimum atomic E-state index is -0.538. The molecule has 0 saturated heterocycles. The molecule has 0 aromatic heterocycles. The van der Waals surface area contributed by atoms with Crippen molar-refractivity contribution in [3.63, 3.8) is 0 Å². The summed E-state index contributed by atoms with van der Waals surface area (Å²) in [6, 6.07) is 9.71. The molecule has 2 nitrogen and oxygen atoms in total. The molecule has 2 rings (SSSR count). The van der Waals surface area contributed by atoms with E-state index in [0.29, 0.717) is 0 Å². The van der Waals surface area contributed by atoms with Crippen LogP contribution in [-0.2, 0) is 0 Å². The molecule has 0 atom stereocenters. The predicted molar refractivity (Wildman–Crippen MR) is 62.3 cm³/mol. The van der Waals surface area contributed by atoms with Crippen LogP contribution >= 0.6 is 0 Å². The molecular formula is C14H9F2NO. The third kappa shape index (κ3) is 2.46. The smallest absolute Gasteiger partial charge is 0.165 e. The first-order chi connectivity index (χ1) is 8.60. The molecule has 4 heteroatoms. The fraction of sp³-hybridized carbons (Fsp3) is 0.0714. The van der Waals surface area contributed by atoms with E-state index in [0.717, 1.165) is 17.7 Å². The second-order valence-corrected chi connectivity index (χ2v) is 3.79. The van der Waals surface area contributed by atoms with E-state index in [1.807, 2.05) is 0 Å². The summed E-state index contributed by atoms with van der Waals surface area (Å²) in [7, 11) is 0. The van der Waals surface area contributed by atoms with Crippen LogP contribution < -0.4 is 4.74 Å². The average Bonchev–Trinajstić information content (AvgIpc) is 2.36. The molecule has 0 fully saturated rings. The fourth-order valence-corrected chi connectivity index (χ4v) is 1.49. The predicted octanol–water partition coefficient (Wildman–Crippen LogP) is 3.94. The number of halogens is 2. The van der Waals surface area contributed by atoms with Crippen molar-refractivity contribution >= 4 is 0 Å². The number of aryl methyl sites for hydroxylation is 1. The lowest BCUT2D eigenvalue weighted by Crippen LogP contribution is -1.92. The van der Waals surface area contributed by atoms with Crippen LogP contribution in [-0.4, -0.2) is 0 Å². The Hall–Kier alpha value is -2.41. The maximum absolute atomic E-state index is 13.5. The van der Waals surface area contributed by atoms with Gasteiger partial charge in [0.1, 0.15) is 17.6 Å². The Morgan fingerprint density at radius 2 is 1.83 bits per heavy atom. The first-order valence-corrected chi connectivity index (χ1v) is 5.24. The lowest BCUT2D eigenvalue weighted by atomic mass is 10.2. The van der Waals surface area contributed by atoms with E-state index in [1.54, 1.807) is 19.1 Å². The SMILES string of the molecule is Cc1ccc(F)c(Oc2ccc(F)cc2C#N)c1. The molecule has 18 heavy (non-hydrogen) atoms. The van der Waals surface area contributed by atoms with Crippen LogP contribution in [0.1, 0.15) is 11.1 Å². The summed E-state index contributed by atoms with van der Waals surface area (Å²) in [5.41, 5.74) is 0.850. The van der Waals surface area contributed by atoms with Crippen molar-refractivity contribution in [3.8, 4) is 17.6 Å². The Morgan fingerprint density at radius 1 is 1.06 bits per heavy atom. The zero-order valence-electron chi connectivity index (χ0n) is 9.58. The molecule has 0 aliphatic rings. The highest BCUT2D eigenvalue weighted by Crippen LogP contribution is 2.28. The maximum Gasteiger partial charge on any atom is 0.165 e. The number of ether oxygens (including phenoxy) is 1. The van der Waals surface area contributed by atoms with Gasteiger partial charge >= 0.3 is 0 Å². The summed E-state index contributed by atoms with van der Waals surface area (Å²) in [5, 5.41) is 8.85. The van der Waals surface area contributed by atoms with Crippen molar-refractivity contribution in [1.82, 2.24) is 0 Å². The van der Waals surface area contributed by atoms with Gasteiger partial charge in [0, 0.05) is 0 Å². The van der Waals surface area contributed by atoms with Gasteiger partial charge in [0.15, 0.2) is 11.6 Å². The van der Waals surface area contributed by atoms with Crippen LogP contribution in [0.15, 0.2) is 36.4 Å². The molecule has 2 aromatic rings. The molecule has 0 spiro atoms. The Kier molecular flexibility index (Phi) is 3.24. The van der Waals surface area contributed by atoms with Crippen molar-refractivity contribution in [1.29, 1.82) is 5.26 Å². The number of nitrogens with zero attached hydrogens (tertiary/aromatic N) is 1. The molecule has 0 aliphatic carbocycles. The van der Waals surface area contributed by atoms with Crippen molar-refractivity contribution in [2.45, 2.75) is 6.92 Å². The van der Waals surface area contributed by atoms with Gasteiger partial charge in [0.25, 0.3) is 0 Å². The summed E-state index contributed by atoms with van der Waals surface area (Å²) in [4.78, 5) is 0. The van der Waals surface area contributed by atoms with Gasteiger partial charge in [0.05, 0.1) is 5.56 Å². The summed E-state index contributed by atoms with van der Waals surface area (Å²) in [6.07, 6.45) is 0. The van der Waals surface area contributed by atoms with Gasteiger partial charge in [-0.2, -0.15) is 5.26 Å². The first kappa shape index (κ1) is 12.1. The summed E-state index contributed by atoms with van der Waals surface area (Å²) >= 11 is 0. The molecule has 0 heterocycles. The van der Waals surface area contributed by atoms with Crippen LogP contribution in [0.3, 0.4) is 0 Å². The van der Waals surface area contributed by atoms with Gasteiger partial charge in [-0.1, -0.05) is 6.07 Å². The largest absolute Gasteiger partial charge is 0.453 e. The summed E-state index contributed by atoms with van der Waals surface area (Å²) in [6.45, 7) is 1.79. The van der Waals surface area contributed by atoms with Crippen molar-refractivity contribution < 1.29 is 13.5 Å². The van der Waals surface area contributed by atoms with Gasteiger partial charge in [-0.25, -0.2) is 8.78 Å². The topological polar surface area (TPSA) is 33.0 Å². The van der Waals surface area contributed by atoms with E-state index in [2.05, 4.69) is 0 Å². The monoisotopic (exact) mass is 245 g/mol. The van der Waals surface area contributed by atoms with E-state index < -0.39 is 11.6 Å². The van der Waals surface area contributed by atoms with Gasteiger partial charge in [0.2, 0.25) is 0 Å². The minimum Gasteiger partial charge on any atom is -0.453 e. The van der Waals surface area contributed by atoms with Crippen molar-refractivity contribution in [3.05, 3.63) is 59.2 Å². The Morgan fingerprint density at radius 3 is 2.56 bits per heavy atom. The highest BCUT2D eigenvalue weighted by molar-refractivity contribution is 5.46. The number of hydrogen-bond donors (Lipinski definition) is 0. The number of nitriles is 1. The zero-order valence-corrected chi connectivity index (χ0v) is 9.58. The van der Waals surface area contributed by atoms with E-state index in [4.69, 9.17) is 10.00 Å². The molecule has 0 saturated carbocycles. The van der Waals surface area contributed by atoms with E-state index in [1.165, 1.54) is 18.2 Å². The van der Waals surface area contributed by atoms with Crippen molar-refractivity contribution in [2.75, 3.05) is 0 Å². The maximum atomic E-state index is 13.5. The van der Waals surface area contributed by atoms with Crippen LogP contribution in [0.25, 0.3) is 0 Å². The molecule has 0 aliphatic heterocycles. The molecule has 0 unspecified atom stereocenters. The lowest BCUT2D eigenvalue weighted by Gasteiger charge is -2.08. The van der Waals surface area contributed by atoms with Gasteiger partial charge < -0.3 is 4.74 Å². The third-order valence-corrected chi connectivity index (χ3v) is 2.37. The lowest BCUT2D eigenvalue weighted by molar-refractivity contribution is 0.439. The standard InChI is InChI=1S/C14H9F2NO/c1-9-2-4-12(16)14(6-9)18-13-5-3-11(15)7-10(13)8-17/h2-7H,1H3. The molecule has 2 aromatic carbocycles. The molecule has 0 bridgehead atoms. The highest BCUT2D eigenvalue weighted by atomic mass is 19.1. The van der Waals surface area contributed by atoms with Crippen LogP contribution in [0.2, 0.25) is 0 Å². The third-order valence-electron chi connectivity index (χ3n) is 2.37. The summed E-state index contributed by atoms with van der Waals surface area (Å²) in [5.74, 6) is -0.932. The van der Waals surface area contributed by atoms with E-state index in [9.17, 15) is 8.78 Å². The van der Waals surface area contributed by atoms with Crippen LogP contribution in [0.4, 0.5) is 8.78 Å². The van der Waals surface area contributed by atoms with Crippen LogP contribution in [0, 0.1) is 29.9 Å². The van der Waals surface area contributed by atoms with Gasteiger partial charge in [-0.05, 0) is 42.8 Å². The van der Waals surface area contributed by atoms with E-state index in [-0.39, 0.29) is 17.1 Å². The Labute approximate surface area is 103 Å². The van der Waals surface area contributed by atoms with Gasteiger partial charge in [-0.3, -0.25) is 0 Å². The quantitative estimate of drug-likeness (QED) is 0.802. The van der Waals surface area contributed by atoms with Crippen molar-refractivity contribution in [2.24, 2.45) is 0 Å². The number of rotatable bonds is 2. The summed E-state index contributed by atoms with van der Waals surface area (Å²) < 4.78 is 31.7. The Bertz CT molecular complexity index is 632. The zero-order chi connectivity index (χ0) is 13.1. The second kappa shape index (κ2) is 4.84. The Balaban J connectivity index is 2.40. The normalized spacial score (nSPS) is 9.89. The van der Waals surface area contributed by atoms with Gasteiger partial charge in [-0.15, -0.1) is 0 Å². The molecule has 90 valence electrons. The fourth-order valence-electron chi connectivity index (χ4n) is 1.49. The molecule has 0 amide bonds. The molecule has 0 N–H and O–H groups in total. The average molecular weight is 245 g/mol. The second-order valence-electron chi connectivity index (χ2n) is 3.79. The first-order valence-electron chi connectivity index (χ1n) is 5.24. The highest BCUT2D eigenvalue weighted by Gasteiger charge is 2.09. The minimum absolute atomic E-state index is 0.0121. The van der Waals surface area contributed by atoms with E-state index >= 15 is 0 Å². The number of hydrogen-bond acceptors (Lipinski definition) is 2.